The minimum Gasteiger partial charge on any atom is -0.486 e. The lowest BCUT2D eigenvalue weighted by Crippen LogP contribution is -2.12. The maximum Gasteiger partial charge on any atom is 0.131 e. The summed E-state index contributed by atoms with van der Waals surface area (Å²) in [5.74, 6) is 0.180. The largest absolute Gasteiger partial charge is 0.486 e. The molecule has 100 valence electrons. The van der Waals surface area contributed by atoms with E-state index in [0.29, 0.717) is 11.3 Å². The van der Waals surface area contributed by atoms with Crippen molar-refractivity contribution in [2.45, 2.75) is 26.0 Å². The molecule has 0 radical (unpaired) electrons. The van der Waals surface area contributed by atoms with Crippen LogP contribution in [0.15, 0.2) is 48.5 Å². The first-order chi connectivity index (χ1) is 9.09. The van der Waals surface area contributed by atoms with Crippen LogP contribution in [0.2, 0.25) is 0 Å². The fourth-order valence-electron chi connectivity index (χ4n) is 2.04. The lowest BCUT2D eigenvalue weighted by atomic mass is 10.1. The van der Waals surface area contributed by atoms with Crippen LogP contribution < -0.4 is 10.5 Å². The van der Waals surface area contributed by atoms with Crippen molar-refractivity contribution in [3.63, 3.8) is 0 Å². The van der Waals surface area contributed by atoms with Crippen LogP contribution in [0.4, 0.5) is 4.39 Å². The second kappa shape index (κ2) is 5.85. The van der Waals surface area contributed by atoms with Gasteiger partial charge in [0.2, 0.25) is 0 Å². The highest BCUT2D eigenvalue weighted by Crippen LogP contribution is 2.30. The first kappa shape index (κ1) is 13.6. The number of halogens is 1. The summed E-state index contributed by atoms with van der Waals surface area (Å²) >= 11 is 0. The maximum absolute atomic E-state index is 13.8. The van der Waals surface area contributed by atoms with E-state index in [2.05, 4.69) is 0 Å². The molecule has 1 unspecified atom stereocenters. The quantitative estimate of drug-likeness (QED) is 0.901. The van der Waals surface area contributed by atoms with Crippen molar-refractivity contribution in [3.8, 4) is 5.75 Å². The van der Waals surface area contributed by atoms with Gasteiger partial charge in [0.15, 0.2) is 0 Å². The summed E-state index contributed by atoms with van der Waals surface area (Å²) in [6.07, 6.45) is -0.152. The van der Waals surface area contributed by atoms with Gasteiger partial charge in [-0.1, -0.05) is 36.4 Å². The van der Waals surface area contributed by atoms with Crippen LogP contribution in [-0.2, 0) is 0 Å². The van der Waals surface area contributed by atoms with E-state index in [0.717, 1.165) is 5.56 Å². The van der Waals surface area contributed by atoms with Gasteiger partial charge < -0.3 is 10.5 Å². The minimum atomic E-state index is -0.404. The molecule has 2 aromatic rings. The first-order valence-electron chi connectivity index (χ1n) is 6.35. The Bertz CT molecular complexity index is 540. The zero-order valence-electron chi connectivity index (χ0n) is 11.1. The molecule has 0 saturated carbocycles. The van der Waals surface area contributed by atoms with Crippen LogP contribution in [-0.4, -0.2) is 0 Å². The Morgan fingerprint density at radius 1 is 1.00 bits per heavy atom. The molecular formula is C16H18FNO. The van der Waals surface area contributed by atoms with Gasteiger partial charge >= 0.3 is 0 Å². The molecule has 0 spiro atoms. The number of benzene rings is 2. The first-order valence-corrected chi connectivity index (χ1v) is 6.35. The number of rotatable bonds is 4. The van der Waals surface area contributed by atoms with Gasteiger partial charge in [-0.2, -0.15) is 0 Å². The number of hydrogen-bond acceptors (Lipinski definition) is 2. The Labute approximate surface area is 113 Å². The van der Waals surface area contributed by atoms with Gasteiger partial charge in [0, 0.05) is 11.6 Å². The molecular weight excluding hydrogens is 241 g/mol. The Balaban J connectivity index is 2.27. The highest BCUT2D eigenvalue weighted by atomic mass is 19.1. The van der Waals surface area contributed by atoms with Gasteiger partial charge in [-0.3, -0.25) is 0 Å². The van der Waals surface area contributed by atoms with Crippen LogP contribution in [0.3, 0.4) is 0 Å². The van der Waals surface area contributed by atoms with Crippen LogP contribution in [0.25, 0.3) is 0 Å². The number of ether oxygens (including phenoxy) is 1. The smallest absolute Gasteiger partial charge is 0.131 e. The van der Waals surface area contributed by atoms with Gasteiger partial charge in [-0.05, 0) is 31.5 Å². The minimum absolute atomic E-state index is 0.152. The van der Waals surface area contributed by atoms with Crippen molar-refractivity contribution in [3.05, 3.63) is 65.5 Å². The van der Waals surface area contributed by atoms with E-state index in [4.69, 9.17) is 10.5 Å². The Hall–Kier alpha value is -1.87. The van der Waals surface area contributed by atoms with Crippen molar-refractivity contribution < 1.29 is 9.13 Å². The topological polar surface area (TPSA) is 35.2 Å². The zero-order chi connectivity index (χ0) is 13.8. The predicted molar refractivity (Wildman–Crippen MR) is 74.5 cm³/mol. The van der Waals surface area contributed by atoms with E-state index in [1.807, 2.05) is 37.3 Å². The third-order valence-corrected chi connectivity index (χ3v) is 3.04. The maximum atomic E-state index is 13.8. The van der Waals surface area contributed by atoms with E-state index in [1.54, 1.807) is 19.1 Å². The lowest BCUT2D eigenvalue weighted by Gasteiger charge is -2.19. The third kappa shape index (κ3) is 3.12. The van der Waals surface area contributed by atoms with E-state index < -0.39 is 6.04 Å². The van der Waals surface area contributed by atoms with Crippen LogP contribution in [0.1, 0.15) is 37.1 Å². The Morgan fingerprint density at radius 3 is 2.32 bits per heavy atom. The second-order valence-corrected chi connectivity index (χ2v) is 4.61. The summed E-state index contributed by atoms with van der Waals surface area (Å²) in [7, 11) is 0. The SMILES string of the molecule is CC(Oc1cccc(F)c1[C@H](C)N)c1ccccc1. The van der Waals surface area contributed by atoms with Crippen molar-refractivity contribution in [2.75, 3.05) is 0 Å². The summed E-state index contributed by atoms with van der Waals surface area (Å²) in [6, 6.07) is 14.2. The molecule has 0 bridgehead atoms. The summed E-state index contributed by atoms with van der Waals surface area (Å²) < 4.78 is 19.6. The molecule has 0 heterocycles. The molecule has 2 N–H and O–H groups in total. The van der Waals surface area contributed by atoms with Gasteiger partial charge in [-0.15, -0.1) is 0 Å². The van der Waals surface area contributed by atoms with Crippen molar-refractivity contribution in [2.24, 2.45) is 5.73 Å². The molecule has 0 amide bonds. The second-order valence-electron chi connectivity index (χ2n) is 4.61. The molecule has 0 aliphatic heterocycles. The Kier molecular flexibility index (Phi) is 4.17. The van der Waals surface area contributed by atoms with Gasteiger partial charge in [0.25, 0.3) is 0 Å². The molecule has 2 nitrogen and oxygen atoms in total. The average Bonchev–Trinajstić information content (AvgIpc) is 2.39. The van der Waals surface area contributed by atoms with Gasteiger partial charge in [0.1, 0.15) is 17.7 Å². The van der Waals surface area contributed by atoms with Gasteiger partial charge in [0.05, 0.1) is 0 Å². The fourth-order valence-corrected chi connectivity index (χ4v) is 2.04. The fraction of sp³-hybridized carbons (Fsp3) is 0.250. The highest BCUT2D eigenvalue weighted by Gasteiger charge is 2.16. The molecule has 2 aromatic carbocycles. The molecule has 0 aliphatic carbocycles. The van der Waals surface area contributed by atoms with E-state index in [-0.39, 0.29) is 11.9 Å². The summed E-state index contributed by atoms with van der Waals surface area (Å²) in [5.41, 5.74) is 7.28. The van der Waals surface area contributed by atoms with Crippen LogP contribution >= 0.6 is 0 Å². The van der Waals surface area contributed by atoms with E-state index in [9.17, 15) is 4.39 Å². The van der Waals surface area contributed by atoms with Crippen molar-refractivity contribution >= 4 is 0 Å². The number of nitrogens with two attached hydrogens (primary N) is 1. The van der Waals surface area contributed by atoms with Crippen molar-refractivity contribution in [1.29, 1.82) is 0 Å². The molecule has 2 atom stereocenters. The summed E-state index contributed by atoms with van der Waals surface area (Å²) in [4.78, 5) is 0. The summed E-state index contributed by atoms with van der Waals surface area (Å²) in [5, 5.41) is 0. The van der Waals surface area contributed by atoms with Crippen LogP contribution in [0.5, 0.6) is 5.75 Å². The average molecular weight is 259 g/mol. The molecule has 0 fully saturated rings. The van der Waals surface area contributed by atoms with Gasteiger partial charge in [-0.25, -0.2) is 4.39 Å². The molecule has 0 saturated heterocycles. The monoisotopic (exact) mass is 259 g/mol. The third-order valence-electron chi connectivity index (χ3n) is 3.04. The van der Waals surface area contributed by atoms with E-state index >= 15 is 0 Å². The van der Waals surface area contributed by atoms with Crippen molar-refractivity contribution in [1.82, 2.24) is 0 Å². The molecule has 2 rings (SSSR count). The number of hydrogen-bond donors (Lipinski definition) is 1. The standard InChI is InChI=1S/C16H18FNO/c1-11(18)16-14(17)9-6-10-15(16)19-12(2)13-7-4-3-5-8-13/h3-12H,18H2,1-2H3/t11-,12?/m0/s1. The molecule has 19 heavy (non-hydrogen) atoms. The predicted octanol–water partition coefficient (Wildman–Crippen LogP) is 3.99. The summed E-state index contributed by atoms with van der Waals surface area (Å²) in [6.45, 7) is 3.68. The normalized spacial score (nSPS) is 13.9. The van der Waals surface area contributed by atoms with Crippen LogP contribution in [0, 0.1) is 5.82 Å². The molecule has 0 aromatic heterocycles. The Morgan fingerprint density at radius 2 is 1.68 bits per heavy atom. The van der Waals surface area contributed by atoms with E-state index in [1.165, 1.54) is 6.07 Å². The lowest BCUT2D eigenvalue weighted by molar-refractivity contribution is 0.222. The highest BCUT2D eigenvalue weighted by molar-refractivity contribution is 5.37. The zero-order valence-corrected chi connectivity index (χ0v) is 11.1. The molecule has 0 aliphatic rings. The molecule has 3 heteroatoms.